The highest BCUT2D eigenvalue weighted by Gasteiger charge is 2.05. The first-order valence-corrected chi connectivity index (χ1v) is 2.68. The molecule has 0 bridgehead atoms. The molecule has 10 heavy (non-hydrogen) atoms. The van der Waals surface area contributed by atoms with Gasteiger partial charge in [-0.2, -0.15) is 0 Å². The average Bonchev–Trinajstić information content (AvgIpc) is 1.82. The van der Waals surface area contributed by atoms with Crippen molar-refractivity contribution in [1.82, 2.24) is 0 Å². The molecule has 1 atom stereocenters. The van der Waals surface area contributed by atoms with Crippen molar-refractivity contribution < 1.29 is 19.8 Å². The molecule has 0 aromatic heterocycles. The molecule has 0 aliphatic carbocycles. The van der Waals surface area contributed by atoms with Crippen molar-refractivity contribution in [3.63, 3.8) is 0 Å². The molecule has 0 rings (SSSR count). The summed E-state index contributed by atoms with van der Waals surface area (Å²) >= 11 is 0. The Balaban J connectivity index is 3.89. The second kappa shape index (κ2) is 3.66. The zero-order chi connectivity index (χ0) is 8.15. The van der Waals surface area contributed by atoms with Crippen LogP contribution >= 0.6 is 0 Å². The topological polar surface area (TPSA) is 74.6 Å². The first-order chi connectivity index (χ1) is 4.54. The number of aliphatic carboxylic acids is 2. The van der Waals surface area contributed by atoms with E-state index in [-0.39, 0.29) is 0 Å². The minimum absolute atomic E-state index is 0.740. The Bertz CT molecular complexity index is 171. The van der Waals surface area contributed by atoms with Gasteiger partial charge in [-0.05, 0) is 6.92 Å². The van der Waals surface area contributed by atoms with Crippen LogP contribution < -0.4 is 0 Å². The lowest BCUT2D eigenvalue weighted by atomic mass is 10.2. The van der Waals surface area contributed by atoms with E-state index in [1.165, 1.54) is 6.92 Å². The average molecular weight is 144 g/mol. The highest BCUT2D eigenvalue weighted by molar-refractivity contribution is 5.81. The van der Waals surface area contributed by atoms with E-state index in [9.17, 15) is 9.59 Å². The van der Waals surface area contributed by atoms with E-state index in [2.05, 4.69) is 0 Å². The van der Waals surface area contributed by atoms with Crippen LogP contribution in [-0.2, 0) is 9.59 Å². The number of hydrogen-bond acceptors (Lipinski definition) is 2. The summed E-state index contributed by atoms with van der Waals surface area (Å²) in [6, 6.07) is 0. The molecule has 0 saturated carbocycles. The Hall–Kier alpha value is -1.32. The van der Waals surface area contributed by atoms with Gasteiger partial charge < -0.3 is 10.2 Å². The van der Waals surface area contributed by atoms with E-state index in [0.717, 1.165) is 12.2 Å². The standard InChI is InChI=1S/C6H8O4/c1-4(6(9)10)2-3-5(7)8/h2-4H,1H3,(H,7,8)(H,9,10)/b3-2-. The van der Waals surface area contributed by atoms with Crippen LogP contribution in [0.25, 0.3) is 0 Å². The molecule has 0 aliphatic rings. The van der Waals surface area contributed by atoms with E-state index in [1.54, 1.807) is 0 Å². The third kappa shape index (κ3) is 3.65. The van der Waals surface area contributed by atoms with Gasteiger partial charge in [-0.1, -0.05) is 6.08 Å². The number of carboxylic acids is 2. The highest BCUT2D eigenvalue weighted by atomic mass is 16.4. The van der Waals surface area contributed by atoms with Crippen LogP contribution in [0.1, 0.15) is 6.92 Å². The molecule has 0 aromatic rings. The van der Waals surface area contributed by atoms with Crippen LogP contribution in [0.2, 0.25) is 0 Å². The molecule has 0 heterocycles. The van der Waals surface area contributed by atoms with Gasteiger partial charge >= 0.3 is 11.9 Å². The molecule has 0 saturated heterocycles. The highest BCUT2D eigenvalue weighted by Crippen LogP contribution is 1.95. The number of rotatable bonds is 3. The number of hydrogen-bond donors (Lipinski definition) is 2. The maximum Gasteiger partial charge on any atom is 0.328 e. The van der Waals surface area contributed by atoms with Crippen molar-refractivity contribution in [1.29, 1.82) is 0 Å². The molecule has 0 fully saturated rings. The Morgan fingerprint density at radius 1 is 1.40 bits per heavy atom. The van der Waals surface area contributed by atoms with E-state index in [0.29, 0.717) is 0 Å². The lowest BCUT2D eigenvalue weighted by Crippen LogP contribution is -2.06. The predicted octanol–water partition coefficient (Wildman–Crippen LogP) is 0.348. The summed E-state index contributed by atoms with van der Waals surface area (Å²) in [5.41, 5.74) is 0. The van der Waals surface area contributed by atoms with Crippen molar-refractivity contribution in [3.8, 4) is 0 Å². The molecule has 2 N–H and O–H groups in total. The fourth-order valence-corrected chi connectivity index (χ4v) is 0.309. The Kier molecular flexibility index (Phi) is 3.17. The van der Waals surface area contributed by atoms with E-state index in [1.807, 2.05) is 0 Å². The molecule has 4 heteroatoms. The molecule has 56 valence electrons. The minimum Gasteiger partial charge on any atom is -0.481 e. The summed E-state index contributed by atoms with van der Waals surface area (Å²) < 4.78 is 0. The smallest absolute Gasteiger partial charge is 0.328 e. The monoisotopic (exact) mass is 144 g/mol. The van der Waals surface area contributed by atoms with E-state index >= 15 is 0 Å². The van der Waals surface area contributed by atoms with Gasteiger partial charge in [-0.15, -0.1) is 0 Å². The predicted molar refractivity (Wildman–Crippen MR) is 33.6 cm³/mol. The van der Waals surface area contributed by atoms with Crippen molar-refractivity contribution >= 4 is 11.9 Å². The SMILES string of the molecule is CC(/C=C\C(=O)O)C(=O)O. The van der Waals surface area contributed by atoms with Crippen LogP contribution in [0.3, 0.4) is 0 Å². The van der Waals surface area contributed by atoms with Gasteiger partial charge in [0.2, 0.25) is 0 Å². The van der Waals surface area contributed by atoms with Crippen LogP contribution in [0.5, 0.6) is 0 Å². The Labute approximate surface area is 57.8 Å². The molecule has 4 nitrogen and oxygen atoms in total. The lowest BCUT2D eigenvalue weighted by Gasteiger charge is -1.94. The van der Waals surface area contributed by atoms with Crippen molar-refractivity contribution in [3.05, 3.63) is 12.2 Å². The largest absolute Gasteiger partial charge is 0.481 e. The van der Waals surface area contributed by atoms with Gasteiger partial charge in [0.05, 0.1) is 5.92 Å². The maximum absolute atomic E-state index is 10.1. The first kappa shape index (κ1) is 8.68. The zero-order valence-corrected chi connectivity index (χ0v) is 5.44. The van der Waals surface area contributed by atoms with E-state index < -0.39 is 17.9 Å². The van der Waals surface area contributed by atoms with Gasteiger partial charge in [0.1, 0.15) is 0 Å². The molecule has 0 radical (unpaired) electrons. The maximum atomic E-state index is 10.1. The van der Waals surface area contributed by atoms with E-state index in [4.69, 9.17) is 10.2 Å². The Morgan fingerprint density at radius 2 is 1.90 bits per heavy atom. The molecular weight excluding hydrogens is 136 g/mol. The van der Waals surface area contributed by atoms with Gasteiger partial charge in [0, 0.05) is 6.08 Å². The number of carboxylic acid groups (broad SMARTS) is 2. The zero-order valence-electron chi connectivity index (χ0n) is 5.44. The van der Waals surface area contributed by atoms with Gasteiger partial charge in [0.15, 0.2) is 0 Å². The fourth-order valence-electron chi connectivity index (χ4n) is 0.309. The molecular formula is C6H8O4. The van der Waals surface area contributed by atoms with Crippen LogP contribution in [0.15, 0.2) is 12.2 Å². The first-order valence-electron chi connectivity index (χ1n) is 2.68. The van der Waals surface area contributed by atoms with Gasteiger partial charge in [-0.25, -0.2) is 4.79 Å². The summed E-state index contributed by atoms with van der Waals surface area (Å²) in [4.78, 5) is 19.9. The minimum atomic E-state index is -1.13. The quantitative estimate of drug-likeness (QED) is 0.560. The van der Waals surface area contributed by atoms with Crippen molar-refractivity contribution in [2.75, 3.05) is 0 Å². The summed E-state index contributed by atoms with van der Waals surface area (Å²) in [6.07, 6.45) is 1.93. The lowest BCUT2D eigenvalue weighted by molar-refractivity contribution is -0.139. The van der Waals surface area contributed by atoms with Crippen LogP contribution in [-0.4, -0.2) is 22.2 Å². The second-order valence-electron chi connectivity index (χ2n) is 1.82. The Morgan fingerprint density at radius 3 is 2.20 bits per heavy atom. The summed E-state index contributed by atoms with van der Waals surface area (Å²) in [5, 5.41) is 16.3. The molecule has 1 unspecified atom stereocenters. The fraction of sp³-hybridized carbons (Fsp3) is 0.333. The third-order valence-electron chi connectivity index (χ3n) is 0.917. The van der Waals surface area contributed by atoms with Crippen LogP contribution in [0.4, 0.5) is 0 Å². The third-order valence-corrected chi connectivity index (χ3v) is 0.917. The van der Waals surface area contributed by atoms with Gasteiger partial charge in [-0.3, -0.25) is 4.79 Å². The molecule has 0 amide bonds. The summed E-state index contributed by atoms with van der Waals surface area (Å²) in [5.74, 6) is -2.90. The van der Waals surface area contributed by atoms with Crippen molar-refractivity contribution in [2.45, 2.75) is 6.92 Å². The summed E-state index contributed by atoms with van der Waals surface area (Å²) in [6.45, 7) is 1.40. The molecule has 0 aromatic carbocycles. The number of carbonyl (C=O) groups is 2. The molecule has 0 aliphatic heterocycles. The molecule has 0 spiro atoms. The normalized spacial score (nSPS) is 13.3. The van der Waals surface area contributed by atoms with Gasteiger partial charge in [0.25, 0.3) is 0 Å². The van der Waals surface area contributed by atoms with Crippen LogP contribution in [0, 0.1) is 5.92 Å². The second-order valence-corrected chi connectivity index (χ2v) is 1.82. The van der Waals surface area contributed by atoms with Crippen molar-refractivity contribution in [2.24, 2.45) is 5.92 Å². The summed E-state index contributed by atoms with van der Waals surface area (Å²) in [7, 11) is 0.